The topological polar surface area (TPSA) is 71.4 Å². The molecule has 0 aromatic heterocycles. The van der Waals surface area contributed by atoms with Gasteiger partial charge < -0.3 is 5.11 Å². The normalized spacial score (nSPS) is 11.4. The minimum Gasteiger partial charge on any atom is -0.478 e. The van der Waals surface area contributed by atoms with Gasteiger partial charge >= 0.3 is 5.97 Å². The molecule has 1 N–H and O–H groups in total. The van der Waals surface area contributed by atoms with Crippen LogP contribution in [0.25, 0.3) is 0 Å². The Hall–Kier alpha value is -1.14. The number of sulfone groups is 1. The number of carbonyl (C=O) groups is 1. The van der Waals surface area contributed by atoms with Gasteiger partial charge in [-0.3, -0.25) is 0 Å². The molecule has 0 saturated heterocycles. The minimum atomic E-state index is -3.87. The smallest absolute Gasteiger partial charge is 0.335 e. The van der Waals surface area contributed by atoms with Crippen LogP contribution in [0.2, 0.25) is 5.02 Å². The van der Waals surface area contributed by atoms with Crippen LogP contribution in [-0.2, 0) is 9.84 Å². The van der Waals surface area contributed by atoms with Crippen LogP contribution in [0.15, 0.2) is 23.1 Å². The molecule has 16 heavy (non-hydrogen) atoms. The number of rotatable bonds is 4. The molecule has 4 nitrogen and oxygen atoms in total. The van der Waals surface area contributed by atoms with Gasteiger partial charge in [-0.25, -0.2) is 17.6 Å². The number of aromatic carboxylic acids is 1. The van der Waals surface area contributed by atoms with E-state index in [4.69, 9.17) is 16.7 Å². The summed E-state index contributed by atoms with van der Waals surface area (Å²) < 4.78 is 35.0. The summed E-state index contributed by atoms with van der Waals surface area (Å²) in [5.41, 5.74) is -0.207. The van der Waals surface area contributed by atoms with Gasteiger partial charge in [-0.1, -0.05) is 11.6 Å². The van der Waals surface area contributed by atoms with Crippen LogP contribution in [0.5, 0.6) is 0 Å². The molecule has 0 unspecified atom stereocenters. The average Bonchev–Trinajstić information content (AvgIpc) is 2.17. The predicted molar refractivity (Wildman–Crippen MR) is 56.4 cm³/mol. The third-order valence-corrected chi connectivity index (χ3v) is 4.00. The predicted octanol–water partition coefficient (Wildman–Crippen LogP) is 1.78. The van der Waals surface area contributed by atoms with E-state index in [0.29, 0.717) is 0 Å². The van der Waals surface area contributed by atoms with Crippen LogP contribution in [0.4, 0.5) is 4.39 Å². The summed E-state index contributed by atoms with van der Waals surface area (Å²) in [6.45, 7) is -1.05. The summed E-state index contributed by atoms with van der Waals surface area (Å²) in [6, 6.07) is 3.27. The van der Waals surface area contributed by atoms with E-state index in [0.717, 1.165) is 12.1 Å². The first kappa shape index (κ1) is 12.9. The Morgan fingerprint density at radius 2 is 2.06 bits per heavy atom. The van der Waals surface area contributed by atoms with E-state index in [9.17, 15) is 17.6 Å². The van der Waals surface area contributed by atoms with Crippen molar-refractivity contribution in [3.8, 4) is 0 Å². The molecule has 1 rings (SSSR count). The number of hydrogen-bond acceptors (Lipinski definition) is 3. The Morgan fingerprint density at radius 1 is 1.44 bits per heavy atom. The van der Waals surface area contributed by atoms with Crippen molar-refractivity contribution >= 4 is 27.4 Å². The quantitative estimate of drug-likeness (QED) is 0.902. The van der Waals surface area contributed by atoms with E-state index in [1.54, 1.807) is 0 Å². The molecule has 0 bridgehead atoms. The highest BCUT2D eigenvalue weighted by molar-refractivity contribution is 7.91. The van der Waals surface area contributed by atoms with Gasteiger partial charge in [0.15, 0.2) is 9.84 Å². The maximum atomic E-state index is 12.0. The van der Waals surface area contributed by atoms with Crippen LogP contribution in [-0.4, -0.2) is 31.9 Å². The van der Waals surface area contributed by atoms with Gasteiger partial charge in [0.05, 0.1) is 21.2 Å². The van der Waals surface area contributed by atoms with E-state index < -0.39 is 28.2 Å². The summed E-state index contributed by atoms with van der Waals surface area (Å²) in [7, 11) is -3.87. The van der Waals surface area contributed by atoms with Gasteiger partial charge in [0, 0.05) is 0 Å². The summed E-state index contributed by atoms with van der Waals surface area (Å²) in [5.74, 6) is -1.98. The van der Waals surface area contributed by atoms with Crippen LogP contribution in [0.3, 0.4) is 0 Å². The zero-order valence-corrected chi connectivity index (χ0v) is 9.55. The Bertz CT molecular complexity index is 512. The number of alkyl halides is 1. The number of benzene rings is 1. The molecule has 0 atom stereocenters. The van der Waals surface area contributed by atoms with Gasteiger partial charge in [0.2, 0.25) is 0 Å². The number of carboxylic acid groups (broad SMARTS) is 1. The molecule has 0 saturated carbocycles. The first-order valence-corrected chi connectivity index (χ1v) is 6.23. The van der Waals surface area contributed by atoms with Crippen LogP contribution in [0.1, 0.15) is 10.4 Å². The average molecular weight is 267 g/mol. The zero-order valence-electron chi connectivity index (χ0n) is 7.98. The minimum absolute atomic E-state index is 0.113. The Morgan fingerprint density at radius 3 is 2.56 bits per heavy atom. The summed E-state index contributed by atoms with van der Waals surface area (Å²) in [6.07, 6.45) is 0. The molecular weight excluding hydrogens is 259 g/mol. The van der Waals surface area contributed by atoms with Crippen molar-refractivity contribution in [2.24, 2.45) is 0 Å². The molecule has 0 aliphatic carbocycles. The van der Waals surface area contributed by atoms with Gasteiger partial charge in [0.25, 0.3) is 0 Å². The second-order valence-corrected chi connectivity index (χ2v) is 5.44. The molecule has 0 aliphatic heterocycles. The monoisotopic (exact) mass is 266 g/mol. The lowest BCUT2D eigenvalue weighted by molar-refractivity contribution is 0.0696. The maximum Gasteiger partial charge on any atom is 0.335 e. The van der Waals surface area contributed by atoms with Crippen LogP contribution in [0, 0.1) is 0 Å². The number of halogens is 2. The highest BCUT2D eigenvalue weighted by Gasteiger charge is 2.19. The maximum absolute atomic E-state index is 12.0. The molecule has 0 spiro atoms. The second kappa shape index (κ2) is 4.80. The lowest BCUT2D eigenvalue weighted by atomic mass is 10.2. The number of hydrogen-bond donors (Lipinski definition) is 1. The summed E-state index contributed by atoms with van der Waals surface area (Å²) in [4.78, 5) is 10.3. The largest absolute Gasteiger partial charge is 0.478 e. The highest BCUT2D eigenvalue weighted by atomic mass is 35.5. The van der Waals surface area contributed by atoms with Crippen molar-refractivity contribution in [3.05, 3.63) is 28.8 Å². The van der Waals surface area contributed by atoms with Crippen molar-refractivity contribution in [2.75, 3.05) is 12.4 Å². The third-order valence-electron chi connectivity index (χ3n) is 1.86. The Kier molecular flexibility index (Phi) is 3.88. The summed E-state index contributed by atoms with van der Waals surface area (Å²) >= 11 is 5.63. The fourth-order valence-corrected chi connectivity index (χ4v) is 2.65. The zero-order chi connectivity index (χ0) is 12.3. The molecular formula is C9H8ClFO4S. The van der Waals surface area contributed by atoms with E-state index >= 15 is 0 Å². The highest BCUT2D eigenvalue weighted by Crippen LogP contribution is 2.23. The standard InChI is InChI=1S/C9H8ClFO4S/c10-7-2-1-6(9(12)13)5-8(7)16(14,15)4-3-11/h1-2,5H,3-4H2,(H,12,13). The second-order valence-electron chi connectivity index (χ2n) is 2.96. The fraction of sp³-hybridized carbons (Fsp3) is 0.222. The molecule has 0 fully saturated rings. The third kappa shape index (κ3) is 2.70. The van der Waals surface area contributed by atoms with Crippen molar-refractivity contribution in [1.82, 2.24) is 0 Å². The lowest BCUT2D eigenvalue weighted by Gasteiger charge is -2.05. The van der Waals surface area contributed by atoms with Gasteiger partial charge in [-0.2, -0.15) is 0 Å². The van der Waals surface area contributed by atoms with Crippen molar-refractivity contribution in [2.45, 2.75) is 4.90 Å². The van der Waals surface area contributed by atoms with Gasteiger partial charge in [-0.15, -0.1) is 0 Å². The summed E-state index contributed by atoms with van der Waals surface area (Å²) in [5, 5.41) is 8.57. The lowest BCUT2D eigenvalue weighted by Crippen LogP contribution is -2.10. The number of carboxylic acids is 1. The molecule has 0 heterocycles. The van der Waals surface area contributed by atoms with Gasteiger partial charge in [-0.05, 0) is 18.2 Å². The van der Waals surface area contributed by atoms with Crippen LogP contribution >= 0.6 is 11.6 Å². The molecule has 88 valence electrons. The molecule has 0 aliphatic rings. The molecule has 7 heteroatoms. The van der Waals surface area contributed by atoms with Crippen molar-refractivity contribution in [1.29, 1.82) is 0 Å². The van der Waals surface area contributed by atoms with Gasteiger partial charge in [0.1, 0.15) is 6.67 Å². The SMILES string of the molecule is O=C(O)c1ccc(Cl)c(S(=O)(=O)CCF)c1. The first-order chi connectivity index (χ1) is 7.38. The fourth-order valence-electron chi connectivity index (χ4n) is 1.09. The van der Waals surface area contributed by atoms with Crippen molar-refractivity contribution < 1.29 is 22.7 Å². The van der Waals surface area contributed by atoms with E-state index in [-0.39, 0.29) is 15.5 Å². The van der Waals surface area contributed by atoms with E-state index in [2.05, 4.69) is 0 Å². The molecule has 0 radical (unpaired) electrons. The van der Waals surface area contributed by atoms with E-state index in [1.807, 2.05) is 0 Å². The Labute approximate surface area is 96.6 Å². The molecule has 1 aromatic rings. The Balaban J connectivity index is 3.33. The molecule has 1 aromatic carbocycles. The molecule has 0 amide bonds. The van der Waals surface area contributed by atoms with Crippen LogP contribution < -0.4 is 0 Å². The first-order valence-electron chi connectivity index (χ1n) is 4.20. The van der Waals surface area contributed by atoms with E-state index in [1.165, 1.54) is 6.07 Å². The van der Waals surface area contributed by atoms with Crippen molar-refractivity contribution in [3.63, 3.8) is 0 Å².